The molecule has 1 heterocycles. The minimum atomic E-state index is 0.417. The van der Waals surface area contributed by atoms with E-state index in [1.165, 1.54) is 70.1 Å². The van der Waals surface area contributed by atoms with Crippen LogP contribution < -0.4 is 0 Å². The predicted octanol–water partition coefficient (Wildman–Crippen LogP) is 5.27. The molecule has 0 saturated carbocycles. The van der Waals surface area contributed by atoms with Gasteiger partial charge in [-0.15, -0.1) is 0 Å². The summed E-state index contributed by atoms with van der Waals surface area (Å²) in [6, 6.07) is 18.7. The number of phenols is 1. The van der Waals surface area contributed by atoms with Crippen LogP contribution in [-0.2, 0) is 13.0 Å². The topological polar surface area (TPSA) is 30.0 Å². The molecule has 1 N–H and O–H groups in total. The van der Waals surface area contributed by atoms with Crippen molar-refractivity contribution in [2.24, 2.45) is 5.92 Å². The first-order valence-corrected chi connectivity index (χ1v) is 13.0. The van der Waals surface area contributed by atoms with E-state index in [9.17, 15) is 5.11 Å². The molecule has 0 spiro atoms. The van der Waals surface area contributed by atoms with E-state index in [1.54, 1.807) is 6.07 Å². The molecule has 0 bridgehead atoms. The second-order valence-electron chi connectivity index (χ2n) is 10.1. The van der Waals surface area contributed by atoms with Crippen LogP contribution in [0.4, 0.5) is 0 Å². The summed E-state index contributed by atoms with van der Waals surface area (Å²) >= 11 is 0. The highest BCUT2D eigenvalue weighted by Gasteiger charge is 2.19. The van der Waals surface area contributed by atoms with Crippen LogP contribution in [0.2, 0.25) is 0 Å². The molecular weight excluding hydrogens is 406 g/mol. The van der Waals surface area contributed by atoms with Crippen molar-refractivity contribution in [1.29, 1.82) is 0 Å². The minimum Gasteiger partial charge on any atom is -0.508 e. The van der Waals surface area contributed by atoms with E-state index in [0.29, 0.717) is 5.75 Å². The average molecular weight is 452 g/mol. The Morgan fingerprint density at radius 2 is 1.52 bits per heavy atom. The Morgan fingerprint density at radius 1 is 0.818 bits per heavy atom. The SMILES string of the molecule is CN(C)CCN(CCCCCCN1CCC(Cc2ccccc2)CC1)Cc1ccccc1O. The lowest BCUT2D eigenvalue weighted by molar-refractivity contribution is 0.180. The van der Waals surface area contributed by atoms with Crippen molar-refractivity contribution in [1.82, 2.24) is 14.7 Å². The molecule has 182 valence electrons. The van der Waals surface area contributed by atoms with Gasteiger partial charge < -0.3 is 14.9 Å². The van der Waals surface area contributed by atoms with Crippen molar-refractivity contribution in [2.45, 2.75) is 51.5 Å². The maximum absolute atomic E-state index is 10.2. The molecular formula is C29H45N3O. The molecule has 0 unspecified atom stereocenters. The molecule has 1 fully saturated rings. The Hall–Kier alpha value is -1.88. The minimum absolute atomic E-state index is 0.417. The quantitative estimate of drug-likeness (QED) is 0.396. The number of benzene rings is 2. The van der Waals surface area contributed by atoms with Crippen LogP contribution in [0.15, 0.2) is 54.6 Å². The highest BCUT2D eigenvalue weighted by Crippen LogP contribution is 2.22. The molecule has 2 aromatic rings. The first kappa shape index (κ1) is 25.7. The molecule has 1 saturated heterocycles. The van der Waals surface area contributed by atoms with E-state index in [4.69, 9.17) is 0 Å². The number of para-hydroxylation sites is 1. The molecule has 0 aromatic heterocycles. The maximum atomic E-state index is 10.2. The second-order valence-corrected chi connectivity index (χ2v) is 10.1. The second kappa shape index (κ2) is 14.4. The average Bonchev–Trinajstić information content (AvgIpc) is 2.82. The van der Waals surface area contributed by atoms with Crippen LogP contribution in [0.25, 0.3) is 0 Å². The fourth-order valence-electron chi connectivity index (χ4n) is 4.88. The molecule has 3 rings (SSSR count). The molecule has 1 aliphatic rings. The summed E-state index contributed by atoms with van der Waals surface area (Å²) in [6.45, 7) is 7.84. The number of likely N-dealkylation sites (tertiary alicyclic amines) is 1. The fourth-order valence-corrected chi connectivity index (χ4v) is 4.88. The van der Waals surface area contributed by atoms with Crippen molar-refractivity contribution in [3.63, 3.8) is 0 Å². The Morgan fingerprint density at radius 3 is 2.24 bits per heavy atom. The van der Waals surface area contributed by atoms with Crippen molar-refractivity contribution in [2.75, 3.05) is 53.4 Å². The van der Waals surface area contributed by atoms with Gasteiger partial charge in [-0.1, -0.05) is 61.4 Å². The summed E-state index contributed by atoms with van der Waals surface area (Å²) in [5.74, 6) is 1.28. The van der Waals surface area contributed by atoms with Gasteiger partial charge in [-0.2, -0.15) is 0 Å². The first-order valence-electron chi connectivity index (χ1n) is 13.0. The van der Waals surface area contributed by atoms with Crippen molar-refractivity contribution < 1.29 is 5.11 Å². The van der Waals surface area contributed by atoms with Gasteiger partial charge in [-0.3, -0.25) is 4.90 Å². The van der Waals surface area contributed by atoms with E-state index in [-0.39, 0.29) is 0 Å². The highest BCUT2D eigenvalue weighted by molar-refractivity contribution is 5.31. The third-order valence-corrected chi connectivity index (χ3v) is 7.02. The lowest BCUT2D eigenvalue weighted by Crippen LogP contribution is -2.35. The normalized spacial score (nSPS) is 15.5. The van der Waals surface area contributed by atoms with Gasteiger partial charge in [0.25, 0.3) is 0 Å². The summed E-state index contributed by atoms with van der Waals surface area (Å²) in [7, 11) is 4.26. The Kier molecular flexibility index (Phi) is 11.2. The summed E-state index contributed by atoms with van der Waals surface area (Å²) in [6.07, 6.45) is 9.12. The number of unbranched alkanes of at least 4 members (excludes halogenated alkanes) is 3. The number of hydrogen-bond donors (Lipinski definition) is 1. The van der Waals surface area contributed by atoms with Crippen LogP contribution in [0.5, 0.6) is 5.75 Å². The number of hydrogen-bond acceptors (Lipinski definition) is 4. The Bertz CT molecular complexity index is 771. The number of phenolic OH excluding ortho intramolecular Hbond substituents is 1. The molecule has 0 aliphatic carbocycles. The molecule has 1 aliphatic heterocycles. The number of rotatable bonds is 14. The molecule has 2 aromatic carbocycles. The Labute approximate surface area is 202 Å². The Balaban J connectivity index is 1.28. The zero-order valence-electron chi connectivity index (χ0n) is 21.0. The smallest absolute Gasteiger partial charge is 0.120 e. The van der Waals surface area contributed by atoms with Gasteiger partial charge in [0.05, 0.1) is 0 Å². The van der Waals surface area contributed by atoms with Crippen LogP contribution in [0, 0.1) is 5.92 Å². The molecule has 33 heavy (non-hydrogen) atoms. The summed E-state index contributed by atoms with van der Waals surface area (Å²) in [4.78, 5) is 7.41. The van der Waals surface area contributed by atoms with E-state index < -0.39 is 0 Å². The van der Waals surface area contributed by atoms with Gasteiger partial charge in [-0.25, -0.2) is 0 Å². The molecule has 0 amide bonds. The molecule has 0 radical (unpaired) electrons. The predicted molar refractivity (Wildman–Crippen MR) is 140 cm³/mol. The van der Waals surface area contributed by atoms with E-state index in [0.717, 1.165) is 37.7 Å². The molecule has 0 atom stereocenters. The molecule has 4 heteroatoms. The van der Waals surface area contributed by atoms with Gasteiger partial charge in [0.2, 0.25) is 0 Å². The lowest BCUT2D eigenvalue weighted by atomic mass is 9.90. The van der Waals surface area contributed by atoms with E-state index in [1.807, 2.05) is 18.2 Å². The monoisotopic (exact) mass is 451 g/mol. The van der Waals surface area contributed by atoms with Crippen molar-refractivity contribution in [3.05, 3.63) is 65.7 Å². The van der Waals surface area contributed by atoms with Gasteiger partial charge in [-0.05, 0) is 89.9 Å². The number of nitrogens with zero attached hydrogens (tertiary/aromatic N) is 3. The van der Waals surface area contributed by atoms with Gasteiger partial charge in [0.1, 0.15) is 5.75 Å². The number of piperidine rings is 1. The summed E-state index contributed by atoms with van der Waals surface area (Å²) < 4.78 is 0. The zero-order valence-corrected chi connectivity index (χ0v) is 21.0. The first-order chi connectivity index (χ1) is 16.1. The van der Waals surface area contributed by atoms with Gasteiger partial charge >= 0.3 is 0 Å². The highest BCUT2D eigenvalue weighted by atomic mass is 16.3. The number of aromatic hydroxyl groups is 1. The van der Waals surface area contributed by atoms with E-state index in [2.05, 4.69) is 59.1 Å². The van der Waals surface area contributed by atoms with Crippen LogP contribution in [-0.4, -0.2) is 73.2 Å². The third kappa shape index (κ3) is 9.87. The van der Waals surface area contributed by atoms with Crippen LogP contribution in [0.1, 0.15) is 49.7 Å². The zero-order chi connectivity index (χ0) is 23.3. The maximum Gasteiger partial charge on any atom is 0.120 e. The van der Waals surface area contributed by atoms with Gasteiger partial charge in [0.15, 0.2) is 0 Å². The lowest BCUT2D eigenvalue weighted by Gasteiger charge is -2.32. The van der Waals surface area contributed by atoms with Crippen LogP contribution in [0.3, 0.4) is 0 Å². The van der Waals surface area contributed by atoms with Gasteiger partial charge in [0, 0.05) is 25.2 Å². The van der Waals surface area contributed by atoms with Crippen LogP contribution >= 0.6 is 0 Å². The van der Waals surface area contributed by atoms with Crippen molar-refractivity contribution in [3.8, 4) is 5.75 Å². The summed E-state index contributed by atoms with van der Waals surface area (Å²) in [5.41, 5.74) is 2.53. The molecule has 4 nitrogen and oxygen atoms in total. The van der Waals surface area contributed by atoms with Crippen molar-refractivity contribution >= 4 is 0 Å². The fraction of sp³-hybridized carbons (Fsp3) is 0.586. The largest absolute Gasteiger partial charge is 0.508 e. The van der Waals surface area contributed by atoms with E-state index >= 15 is 0 Å². The standard InChI is InChI=1S/C29H45N3O/c1-30(2)22-23-32(25-28-14-8-9-15-29(28)33)19-11-4-3-10-18-31-20-16-27(17-21-31)24-26-12-6-5-7-13-26/h5-9,12-15,27,33H,3-4,10-11,16-25H2,1-2H3. The summed E-state index contributed by atoms with van der Waals surface area (Å²) in [5, 5.41) is 10.2. The number of likely N-dealkylation sites (N-methyl/N-ethyl adjacent to an activating group) is 1. The third-order valence-electron chi connectivity index (χ3n) is 7.02.